The van der Waals surface area contributed by atoms with Crippen molar-refractivity contribution in [1.82, 2.24) is 10.3 Å². The van der Waals surface area contributed by atoms with E-state index in [1.54, 1.807) is 0 Å². The van der Waals surface area contributed by atoms with E-state index < -0.39 is 0 Å². The van der Waals surface area contributed by atoms with Gasteiger partial charge in [0.2, 0.25) is 0 Å². The second-order valence-electron chi connectivity index (χ2n) is 5.77. The van der Waals surface area contributed by atoms with Gasteiger partial charge in [-0.05, 0) is 42.1 Å². The number of aromatic nitrogens is 1. The Hall–Kier alpha value is -2.95. The van der Waals surface area contributed by atoms with Gasteiger partial charge in [-0.15, -0.1) is 0 Å². The van der Waals surface area contributed by atoms with Crippen LogP contribution in [-0.4, -0.2) is 31.2 Å². The van der Waals surface area contributed by atoms with Gasteiger partial charge in [-0.1, -0.05) is 24.3 Å². The van der Waals surface area contributed by atoms with Crippen molar-refractivity contribution < 1.29 is 4.79 Å². The fraction of sp³-hybridized carbons (Fsp3) is 0.211. The van der Waals surface area contributed by atoms with Crippen LogP contribution in [0.4, 0.5) is 16.2 Å². The van der Waals surface area contributed by atoms with Crippen molar-refractivity contribution in [1.29, 1.82) is 0 Å². The smallest absolute Gasteiger partial charge is 0.319 e. The molecule has 0 fully saturated rings. The number of benzene rings is 2. The van der Waals surface area contributed by atoms with Gasteiger partial charge >= 0.3 is 6.03 Å². The third kappa shape index (κ3) is 4.07. The Kier molecular flexibility index (Phi) is 5.01. The highest BCUT2D eigenvalue weighted by atomic mass is 16.2. The zero-order chi connectivity index (χ0) is 16.8. The fourth-order valence-corrected chi connectivity index (χ4v) is 2.63. The zero-order valence-corrected chi connectivity index (χ0v) is 13.8. The molecule has 24 heavy (non-hydrogen) atoms. The number of amides is 2. The van der Waals surface area contributed by atoms with Crippen LogP contribution in [0.3, 0.4) is 0 Å². The molecule has 0 atom stereocenters. The Morgan fingerprint density at radius 3 is 2.79 bits per heavy atom. The van der Waals surface area contributed by atoms with Gasteiger partial charge in [0.25, 0.3) is 0 Å². The zero-order valence-electron chi connectivity index (χ0n) is 13.8. The molecule has 2 amide bonds. The van der Waals surface area contributed by atoms with Crippen LogP contribution in [0.5, 0.6) is 0 Å². The number of nitrogens with zero attached hydrogens (tertiary/aromatic N) is 1. The van der Waals surface area contributed by atoms with Crippen molar-refractivity contribution in [3.8, 4) is 0 Å². The fourth-order valence-electron chi connectivity index (χ4n) is 2.63. The topological polar surface area (TPSA) is 60.2 Å². The highest BCUT2D eigenvalue weighted by Gasteiger charge is 2.04. The number of rotatable bonds is 6. The van der Waals surface area contributed by atoms with Crippen LogP contribution >= 0.6 is 0 Å². The van der Waals surface area contributed by atoms with Gasteiger partial charge in [0.05, 0.1) is 0 Å². The molecule has 0 unspecified atom stereocenters. The highest BCUT2D eigenvalue weighted by Crippen LogP contribution is 2.17. The Balaban J connectivity index is 1.41. The number of nitrogens with one attached hydrogen (secondary N) is 3. The van der Waals surface area contributed by atoms with Gasteiger partial charge in [0.1, 0.15) is 0 Å². The molecule has 2 aromatic carbocycles. The third-order valence-corrected chi connectivity index (χ3v) is 3.97. The molecule has 124 valence electrons. The van der Waals surface area contributed by atoms with Gasteiger partial charge in [-0.25, -0.2) is 4.79 Å². The van der Waals surface area contributed by atoms with Crippen LogP contribution in [0.25, 0.3) is 10.9 Å². The molecule has 0 spiro atoms. The highest BCUT2D eigenvalue weighted by molar-refractivity contribution is 5.92. The second kappa shape index (κ2) is 7.55. The number of carbonyl (C=O) groups is 1. The lowest BCUT2D eigenvalue weighted by atomic mass is 10.2. The number of urea groups is 1. The summed E-state index contributed by atoms with van der Waals surface area (Å²) in [6.07, 6.45) is 2.77. The number of fused-ring (bicyclic) bond motifs is 1. The molecule has 0 saturated carbocycles. The monoisotopic (exact) mass is 322 g/mol. The van der Waals surface area contributed by atoms with Crippen molar-refractivity contribution in [2.45, 2.75) is 6.42 Å². The minimum absolute atomic E-state index is 0.178. The van der Waals surface area contributed by atoms with E-state index in [4.69, 9.17) is 0 Å². The van der Waals surface area contributed by atoms with E-state index in [0.29, 0.717) is 6.54 Å². The Morgan fingerprint density at radius 1 is 1.12 bits per heavy atom. The van der Waals surface area contributed by atoms with Crippen LogP contribution < -0.4 is 15.5 Å². The molecule has 1 heterocycles. The standard InChI is InChI=1S/C19H22N4O/c1-23(17-6-3-2-4-7-17)13-5-11-21-19(24)22-16-9-8-15-10-12-20-18(15)14-16/h2-4,6-10,12,14,20H,5,11,13H2,1H3,(H2,21,22,24). The van der Waals surface area contributed by atoms with Crippen LogP contribution in [0.2, 0.25) is 0 Å². The third-order valence-electron chi connectivity index (χ3n) is 3.97. The lowest BCUT2D eigenvalue weighted by molar-refractivity contribution is 0.252. The number of hydrogen-bond donors (Lipinski definition) is 3. The minimum atomic E-state index is -0.178. The van der Waals surface area contributed by atoms with Crippen LogP contribution in [0.1, 0.15) is 6.42 Å². The Bertz CT molecular complexity index is 797. The molecular formula is C19H22N4O. The molecule has 5 heteroatoms. The second-order valence-corrected chi connectivity index (χ2v) is 5.77. The summed E-state index contributed by atoms with van der Waals surface area (Å²) in [7, 11) is 2.06. The van der Waals surface area contributed by atoms with Crippen molar-refractivity contribution in [2.75, 3.05) is 30.4 Å². The molecule has 3 aromatic rings. The molecule has 0 bridgehead atoms. The molecule has 3 rings (SSSR count). The largest absolute Gasteiger partial charge is 0.375 e. The summed E-state index contributed by atoms with van der Waals surface area (Å²) in [5.74, 6) is 0. The predicted molar refractivity (Wildman–Crippen MR) is 99.6 cm³/mol. The first-order chi connectivity index (χ1) is 11.7. The first-order valence-corrected chi connectivity index (χ1v) is 8.10. The van der Waals surface area contributed by atoms with Gasteiger partial charge in [-0.2, -0.15) is 0 Å². The van der Waals surface area contributed by atoms with E-state index in [-0.39, 0.29) is 6.03 Å². The summed E-state index contributed by atoms with van der Waals surface area (Å²) in [6, 6.07) is 17.9. The quantitative estimate of drug-likeness (QED) is 0.604. The molecule has 0 aliphatic heterocycles. The van der Waals surface area contributed by atoms with Gasteiger partial charge < -0.3 is 20.5 Å². The Labute approximate surface area is 141 Å². The lowest BCUT2D eigenvalue weighted by Crippen LogP contribution is -2.31. The molecule has 0 aliphatic rings. The molecule has 3 N–H and O–H groups in total. The van der Waals surface area contributed by atoms with Crippen molar-refractivity contribution >= 4 is 28.3 Å². The van der Waals surface area contributed by atoms with Gasteiger partial charge in [-0.3, -0.25) is 0 Å². The number of hydrogen-bond acceptors (Lipinski definition) is 2. The molecule has 5 nitrogen and oxygen atoms in total. The molecule has 0 aliphatic carbocycles. The lowest BCUT2D eigenvalue weighted by Gasteiger charge is -2.19. The molecular weight excluding hydrogens is 300 g/mol. The number of anilines is 2. The maximum atomic E-state index is 12.0. The average molecular weight is 322 g/mol. The van der Waals surface area contributed by atoms with E-state index >= 15 is 0 Å². The van der Waals surface area contributed by atoms with Crippen LogP contribution in [-0.2, 0) is 0 Å². The number of aromatic amines is 1. The summed E-state index contributed by atoms with van der Waals surface area (Å²) in [4.78, 5) is 17.3. The van der Waals surface area contributed by atoms with E-state index in [9.17, 15) is 4.79 Å². The molecule has 0 radical (unpaired) electrons. The molecule has 1 aromatic heterocycles. The van der Waals surface area contributed by atoms with Crippen LogP contribution in [0.15, 0.2) is 60.8 Å². The normalized spacial score (nSPS) is 10.5. The van der Waals surface area contributed by atoms with Crippen LogP contribution in [0, 0.1) is 0 Å². The van der Waals surface area contributed by atoms with E-state index in [0.717, 1.165) is 29.6 Å². The van der Waals surface area contributed by atoms with E-state index in [2.05, 4.69) is 39.7 Å². The van der Waals surface area contributed by atoms with Crippen molar-refractivity contribution in [2.24, 2.45) is 0 Å². The molecule has 0 saturated heterocycles. The number of H-pyrrole nitrogens is 1. The summed E-state index contributed by atoms with van der Waals surface area (Å²) in [6.45, 7) is 1.52. The number of para-hydroxylation sites is 1. The van der Waals surface area contributed by atoms with Gasteiger partial charge in [0, 0.05) is 43.2 Å². The van der Waals surface area contributed by atoms with Gasteiger partial charge in [0.15, 0.2) is 0 Å². The van der Waals surface area contributed by atoms with E-state index in [1.807, 2.05) is 48.7 Å². The minimum Gasteiger partial charge on any atom is -0.375 e. The Morgan fingerprint density at radius 2 is 1.96 bits per heavy atom. The maximum absolute atomic E-state index is 12.0. The summed E-state index contributed by atoms with van der Waals surface area (Å²) >= 11 is 0. The summed E-state index contributed by atoms with van der Waals surface area (Å²) in [5.41, 5.74) is 2.97. The summed E-state index contributed by atoms with van der Waals surface area (Å²) in [5, 5.41) is 6.88. The number of carbonyl (C=O) groups excluding carboxylic acids is 1. The van der Waals surface area contributed by atoms with Crippen molar-refractivity contribution in [3.63, 3.8) is 0 Å². The predicted octanol–water partition coefficient (Wildman–Crippen LogP) is 3.82. The van der Waals surface area contributed by atoms with E-state index in [1.165, 1.54) is 5.69 Å². The van der Waals surface area contributed by atoms with Crippen molar-refractivity contribution in [3.05, 3.63) is 60.8 Å². The first kappa shape index (κ1) is 15.9. The first-order valence-electron chi connectivity index (χ1n) is 8.10. The summed E-state index contributed by atoms with van der Waals surface area (Å²) < 4.78 is 0. The maximum Gasteiger partial charge on any atom is 0.319 e. The SMILES string of the molecule is CN(CCCNC(=O)Nc1ccc2cc[nH]c2c1)c1ccccc1. The average Bonchev–Trinajstić information content (AvgIpc) is 3.07.